The summed E-state index contributed by atoms with van der Waals surface area (Å²) >= 11 is 1.33. The van der Waals surface area contributed by atoms with Gasteiger partial charge in [-0.1, -0.05) is 32.1 Å². The van der Waals surface area contributed by atoms with E-state index in [1.165, 1.54) is 11.3 Å². The van der Waals surface area contributed by atoms with E-state index in [0.29, 0.717) is 23.8 Å². The SMILES string of the molecule is Cc1nc(N2CCOCC2)sc1C(=O)NNC(=O)C(C)(C)C. The highest BCUT2D eigenvalue weighted by molar-refractivity contribution is 7.17. The largest absolute Gasteiger partial charge is 0.378 e. The number of nitrogens with zero attached hydrogens (tertiary/aromatic N) is 2. The Labute approximate surface area is 134 Å². The highest BCUT2D eigenvalue weighted by Gasteiger charge is 2.24. The first kappa shape index (κ1) is 16.7. The van der Waals surface area contributed by atoms with Crippen molar-refractivity contribution in [2.75, 3.05) is 31.2 Å². The number of carbonyl (C=O) groups is 2. The third-order valence-corrected chi connectivity index (χ3v) is 4.46. The first-order valence-electron chi connectivity index (χ1n) is 7.20. The highest BCUT2D eigenvalue weighted by atomic mass is 32.1. The Kier molecular flexibility index (Phi) is 5.02. The van der Waals surface area contributed by atoms with Crippen molar-refractivity contribution in [3.63, 3.8) is 0 Å². The summed E-state index contributed by atoms with van der Waals surface area (Å²) in [4.78, 5) is 31.0. The Morgan fingerprint density at radius 2 is 1.86 bits per heavy atom. The van der Waals surface area contributed by atoms with E-state index in [9.17, 15) is 9.59 Å². The molecule has 2 rings (SSSR count). The zero-order chi connectivity index (χ0) is 16.3. The van der Waals surface area contributed by atoms with Crippen molar-refractivity contribution < 1.29 is 14.3 Å². The van der Waals surface area contributed by atoms with Crippen molar-refractivity contribution in [1.29, 1.82) is 0 Å². The summed E-state index contributed by atoms with van der Waals surface area (Å²) in [5.41, 5.74) is 5.00. The van der Waals surface area contributed by atoms with Crippen LogP contribution in [-0.4, -0.2) is 43.1 Å². The molecule has 22 heavy (non-hydrogen) atoms. The van der Waals surface area contributed by atoms with Gasteiger partial charge in [0.2, 0.25) is 5.91 Å². The molecule has 1 saturated heterocycles. The maximum absolute atomic E-state index is 12.2. The Hall–Kier alpha value is -1.67. The molecule has 1 aromatic heterocycles. The zero-order valence-corrected chi connectivity index (χ0v) is 14.2. The third kappa shape index (κ3) is 3.95. The van der Waals surface area contributed by atoms with Crippen molar-refractivity contribution in [3.8, 4) is 0 Å². The fraction of sp³-hybridized carbons (Fsp3) is 0.643. The van der Waals surface area contributed by atoms with Crippen LogP contribution in [-0.2, 0) is 9.53 Å². The van der Waals surface area contributed by atoms with Crippen LogP contribution in [0.15, 0.2) is 0 Å². The summed E-state index contributed by atoms with van der Waals surface area (Å²) in [5.74, 6) is -0.580. The normalized spacial score (nSPS) is 15.5. The molecule has 1 aliphatic heterocycles. The molecule has 1 aromatic rings. The van der Waals surface area contributed by atoms with Gasteiger partial charge in [-0.05, 0) is 6.92 Å². The van der Waals surface area contributed by atoms with Crippen molar-refractivity contribution in [3.05, 3.63) is 10.6 Å². The van der Waals surface area contributed by atoms with Gasteiger partial charge < -0.3 is 9.64 Å². The average molecular weight is 326 g/mol. The molecule has 0 spiro atoms. The van der Waals surface area contributed by atoms with Crippen LogP contribution < -0.4 is 15.8 Å². The first-order valence-corrected chi connectivity index (χ1v) is 8.01. The van der Waals surface area contributed by atoms with Gasteiger partial charge in [0.05, 0.1) is 18.9 Å². The molecule has 0 bridgehead atoms. The number of anilines is 1. The molecule has 122 valence electrons. The Morgan fingerprint density at radius 3 is 2.45 bits per heavy atom. The van der Waals surface area contributed by atoms with Gasteiger partial charge in [-0.15, -0.1) is 0 Å². The number of hydrazine groups is 1. The number of nitrogens with one attached hydrogen (secondary N) is 2. The molecular weight excluding hydrogens is 304 g/mol. The molecule has 0 atom stereocenters. The fourth-order valence-electron chi connectivity index (χ4n) is 1.84. The number of aryl methyl sites for hydroxylation is 1. The Morgan fingerprint density at radius 1 is 1.23 bits per heavy atom. The number of thiazole rings is 1. The molecule has 0 aromatic carbocycles. The van der Waals surface area contributed by atoms with Crippen LogP contribution >= 0.6 is 11.3 Å². The monoisotopic (exact) mass is 326 g/mol. The van der Waals surface area contributed by atoms with Gasteiger partial charge in [-0.3, -0.25) is 20.4 Å². The van der Waals surface area contributed by atoms with Crippen molar-refractivity contribution in [2.45, 2.75) is 27.7 Å². The fourth-order valence-corrected chi connectivity index (χ4v) is 2.85. The lowest BCUT2D eigenvalue weighted by molar-refractivity contribution is -0.129. The van der Waals surface area contributed by atoms with Crippen molar-refractivity contribution in [2.24, 2.45) is 5.41 Å². The van der Waals surface area contributed by atoms with Gasteiger partial charge in [-0.25, -0.2) is 4.98 Å². The number of hydrogen-bond donors (Lipinski definition) is 2. The van der Waals surface area contributed by atoms with Crippen LogP contribution in [0, 0.1) is 12.3 Å². The van der Waals surface area contributed by atoms with Crippen LogP contribution in [0.3, 0.4) is 0 Å². The highest BCUT2D eigenvalue weighted by Crippen LogP contribution is 2.26. The molecular formula is C14H22N4O3S. The van der Waals surface area contributed by atoms with Gasteiger partial charge in [0.25, 0.3) is 5.91 Å². The lowest BCUT2D eigenvalue weighted by atomic mass is 9.96. The van der Waals surface area contributed by atoms with E-state index in [0.717, 1.165) is 18.2 Å². The van der Waals surface area contributed by atoms with Crippen LogP contribution in [0.5, 0.6) is 0 Å². The maximum Gasteiger partial charge on any atom is 0.281 e. The van der Waals surface area contributed by atoms with E-state index >= 15 is 0 Å². The van der Waals surface area contributed by atoms with E-state index in [4.69, 9.17) is 4.74 Å². The number of amides is 2. The number of rotatable bonds is 2. The smallest absolute Gasteiger partial charge is 0.281 e. The number of morpholine rings is 1. The summed E-state index contributed by atoms with van der Waals surface area (Å²) in [5, 5.41) is 0.813. The Balaban J connectivity index is 2.01. The number of ether oxygens (including phenoxy) is 1. The minimum Gasteiger partial charge on any atom is -0.378 e. The quantitative estimate of drug-likeness (QED) is 0.795. The summed E-state index contributed by atoms with van der Waals surface area (Å²) in [6.07, 6.45) is 0. The lowest BCUT2D eigenvalue weighted by Crippen LogP contribution is -2.46. The van der Waals surface area contributed by atoms with Crippen LogP contribution in [0.1, 0.15) is 36.1 Å². The predicted molar refractivity (Wildman–Crippen MR) is 84.9 cm³/mol. The molecule has 8 heteroatoms. The molecule has 1 aliphatic rings. The average Bonchev–Trinajstić information content (AvgIpc) is 2.86. The summed E-state index contributed by atoms with van der Waals surface area (Å²) in [6.45, 7) is 10.0. The van der Waals surface area contributed by atoms with Crippen molar-refractivity contribution in [1.82, 2.24) is 15.8 Å². The van der Waals surface area contributed by atoms with Crippen LogP contribution in [0.2, 0.25) is 0 Å². The third-order valence-electron chi connectivity index (χ3n) is 3.24. The molecule has 0 saturated carbocycles. The van der Waals surface area contributed by atoms with E-state index in [1.54, 1.807) is 27.7 Å². The van der Waals surface area contributed by atoms with Gasteiger partial charge in [0, 0.05) is 18.5 Å². The number of hydrogen-bond acceptors (Lipinski definition) is 6. The van der Waals surface area contributed by atoms with Crippen molar-refractivity contribution >= 4 is 28.3 Å². The van der Waals surface area contributed by atoms with Gasteiger partial charge in [0.15, 0.2) is 5.13 Å². The van der Waals surface area contributed by atoms with Gasteiger partial charge >= 0.3 is 0 Å². The second-order valence-electron chi connectivity index (χ2n) is 6.17. The van der Waals surface area contributed by atoms with E-state index in [1.807, 2.05) is 0 Å². The zero-order valence-electron chi connectivity index (χ0n) is 13.4. The lowest BCUT2D eigenvalue weighted by Gasteiger charge is -2.26. The molecule has 0 unspecified atom stereocenters. The standard InChI is InChI=1S/C14H22N4O3S/c1-9-10(11(19)16-17-12(20)14(2,3)4)22-13(15-9)18-5-7-21-8-6-18/h5-8H2,1-4H3,(H,16,19)(H,17,20). The number of aromatic nitrogens is 1. The second kappa shape index (κ2) is 6.62. The first-order chi connectivity index (χ1) is 10.3. The molecule has 0 radical (unpaired) electrons. The Bertz CT molecular complexity index is 559. The second-order valence-corrected chi connectivity index (χ2v) is 7.15. The molecule has 0 aliphatic carbocycles. The summed E-state index contributed by atoms with van der Waals surface area (Å²) in [6, 6.07) is 0. The molecule has 2 heterocycles. The topological polar surface area (TPSA) is 83.6 Å². The minimum absolute atomic E-state index is 0.239. The van der Waals surface area contributed by atoms with E-state index < -0.39 is 5.41 Å². The van der Waals surface area contributed by atoms with E-state index in [-0.39, 0.29) is 11.8 Å². The molecule has 2 N–H and O–H groups in total. The molecule has 7 nitrogen and oxygen atoms in total. The van der Waals surface area contributed by atoms with Crippen LogP contribution in [0.25, 0.3) is 0 Å². The van der Waals surface area contributed by atoms with Gasteiger partial charge in [-0.2, -0.15) is 0 Å². The van der Waals surface area contributed by atoms with E-state index in [2.05, 4.69) is 20.7 Å². The summed E-state index contributed by atoms with van der Waals surface area (Å²) in [7, 11) is 0. The molecule has 2 amide bonds. The van der Waals surface area contributed by atoms with Crippen LogP contribution in [0.4, 0.5) is 5.13 Å². The summed E-state index contributed by atoms with van der Waals surface area (Å²) < 4.78 is 5.31. The maximum atomic E-state index is 12.2. The minimum atomic E-state index is -0.561. The number of carbonyl (C=O) groups excluding carboxylic acids is 2. The predicted octanol–water partition coefficient (Wildman–Crippen LogP) is 1.10. The molecule has 1 fully saturated rings. The van der Waals surface area contributed by atoms with Gasteiger partial charge in [0.1, 0.15) is 4.88 Å².